The lowest BCUT2D eigenvalue weighted by Gasteiger charge is -2.35. The van der Waals surface area contributed by atoms with Crippen LogP contribution >= 0.6 is 12.4 Å². The van der Waals surface area contributed by atoms with Gasteiger partial charge in [-0.25, -0.2) is 0 Å². The molecule has 2 saturated carbocycles. The van der Waals surface area contributed by atoms with Crippen LogP contribution in [0.4, 0.5) is 0 Å². The molecule has 4 heteroatoms. The normalized spacial score (nSPS) is 24.0. The monoisotopic (exact) mass is 356 g/mol. The quantitative estimate of drug-likeness (QED) is 0.699. The van der Waals surface area contributed by atoms with E-state index in [-0.39, 0.29) is 12.4 Å². The first-order valence-corrected chi connectivity index (χ1v) is 10.3. The number of hydrogen-bond donors (Lipinski definition) is 1. The van der Waals surface area contributed by atoms with Crippen LogP contribution in [-0.2, 0) is 4.79 Å². The molecule has 24 heavy (non-hydrogen) atoms. The van der Waals surface area contributed by atoms with Gasteiger partial charge in [0.25, 0.3) is 0 Å². The third-order valence-corrected chi connectivity index (χ3v) is 6.28. The predicted octanol–water partition coefficient (Wildman–Crippen LogP) is 4.40. The van der Waals surface area contributed by atoms with Crippen molar-refractivity contribution in [1.82, 2.24) is 10.2 Å². The topological polar surface area (TPSA) is 32.3 Å². The van der Waals surface area contributed by atoms with Gasteiger partial charge in [-0.15, -0.1) is 12.4 Å². The molecule has 1 saturated heterocycles. The average Bonchev–Trinajstić information content (AvgIpc) is 3.27. The summed E-state index contributed by atoms with van der Waals surface area (Å²) in [5, 5.41) is 3.72. The zero-order chi connectivity index (χ0) is 16.1. The summed E-state index contributed by atoms with van der Waals surface area (Å²) in [6.45, 7) is 5.39. The molecule has 140 valence electrons. The number of carbonyl (C=O) groups is 1. The molecule has 0 spiro atoms. The molecule has 3 aliphatic rings. The fourth-order valence-electron chi connectivity index (χ4n) is 4.56. The van der Waals surface area contributed by atoms with Crippen molar-refractivity contribution in [3.05, 3.63) is 0 Å². The first-order valence-electron chi connectivity index (χ1n) is 10.3. The first-order chi connectivity index (χ1) is 11.3. The fourth-order valence-corrected chi connectivity index (χ4v) is 4.56. The second-order valence-electron chi connectivity index (χ2n) is 8.32. The number of likely N-dealkylation sites (tertiary alicyclic amines) is 1. The Hall–Kier alpha value is -0.280. The lowest BCUT2D eigenvalue weighted by molar-refractivity contribution is -0.137. The van der Waals surface area contributed by atoms with E-state index < -0.39 is 0 Å². The van der Waals surface area contributed by atoms with Gasteiger partial charge >= 0.3 is 0 Å². The molecule has 0 aromatic carbocycles. The number of carbonyl (C=O) groups excluding carboxylic acids is 1. The number of halogens is 1. The third-order valence-electron chi connectivity index (χ3n) is 6.28. The minimum atomic E-state index is 0. The van der Waals surface area contributed by atoms with E-state index in [1.54, 1.807) is 0 Å². The van der Waals surface area contributed by atoms with Crippen LogP contribution in [0, 0.1) is 17.8 Å². The van der Waals surface area contributed by atoms with Gasteiger partial charge in [-0.05, 0) is 56.9 Å². The van der Waals surface area contributed by atoms with E-state index in [0.29, 0.717) is 17.9 Å². The summed E-state index contributed by atoms with van der Waals surface area (Å²) in [6, 6.07) is 0.652. The third kappa shape index (κ3) is 5.91. The highest BCUT2D eigenvalue weighted by atomic mass is 35.5. The maximum absolute atomic E-state index is 13.0. The van der Waals surface area contributed by atoms with E-state index in [2.05, 4.69) is 17.1 Å². The maximum Gasteiger partial charge on any atom is 0.225 e. The highest BCUT2D eigenvalue weighted by Crippen LogP contribution is 2.33. The Labute approximate surface area is 154 Å². The molecule has 1 aliphatic heterocycles. The summed E-state index contributed by atoms with van der Waals surface area (Å²) in [5.41, 5.74) is 0. The molecule has 0 radical (unpaired) electrons. The highest BCUT2D eigenvalue weighted by Gasteiger charge is 2.31. The molecule has 1 amide bonds. The van der Waals surface area contributed by atoms with E-state index in [1.807, 2.05) is 0 Å². The predicted molar refractivity (Wildman–Crippen MR) is 103 cm³/mol. The van der Waals surface area contributed by atoms with Gasteiger partial charge in [0, 0.05) is 25.0 Å². The lowest BCUT2D eigenvalue weighted by atomic mass is 9.88. The number of amides is 1. The van der Waals surface area contributed by atoms with Crippen LogP contribution < -0.4 is 5.32 Å². The molecule has 0 bridgehead atoms. The van der Waals surface area contributed by atoms with Gasteiger partial charge in [0.15, 0.2) is 0 Å². The van der Waals surface area contributed by atoms with E-state index in [4.69, 9.17) is 0 Å². The van der Waals surface area contributed by atoms with Crippen molar-refractivity contribution < 1.29 is 4.79 Å². The van der Waals surface area contributed by atoms with Gasteiger partial charge in [-0.1, -0.05) is 39.0 Å². The van der Waals surface area contributed by atoms with E-state index in [1.165, 1.54) is 45.1 Å². The molecule has 3 rings (SSSR count). The summed E-state index contributed by atoms with van der Waals surface area (Å²) in [5.74, 6) is 2.56. The first kappa shape index (κ1) is 20.0. The number of piperidine rings is 1. The van der Waals surface area contributed by atoms with Crippen LogP contribution in [0.25, 0.3) is 0 Å². The molecule has 3 fully saturated rings. The maximum atomic E-state index is 13.0. The highest BCUT2D eigenvalue weighted by molar-refractivity contribution is 5.85. The minimum absolute atomic E-state index is 0. The summed E-state index contributed by atoms with van der Waals surface area (Å²) in [7, 11) is 0. The molecule has 1 heterocycles. The van der Waals surface area contributed by atoms with Gasteiger partial charge in [-0.2, -0.15) is 0 Å². The Kier molecular flexibility index (Phi) is 8.36. The van der Waals surface area contributed by atoms with Crippen LogP contribution in [0.15, 0.2) is 0 Å². The molecule has 2 aliphatic carbocycles. The van der Waals surface area contributed by atoms with Crippen molar-refractivity contribution in [3.63, 3.8) is 0 Å². The van der Waals surface area contributed by atoms with Gasteiger partial charge in [0.2, 0.25) is 5.91 Å². The Morgan fingerprint density at radius 3 is 2.29 bits per heavy atom. The zero-order valence-electron chi connectivity index (χ0n) is 15.5. The van der Waals surface area contributed by atoms with Crippen molar-refractivity contribution >= 4 is 18.3 Å². The lowest BCUT2D eigenvalue weighted by Crippen LogP contribution is -2.47. The molecule has 3 nitrogen and oxygen atoms in total. The number of nitrogens with one attached hydrogen (secondary N) is 1. The number of nitrogens with zero attached hydrogens (tertiary/aromatic N) is 1. The summed E-state index contributed by atoms with van der Waals surface area (Å²) in [4.78, 5) is 15.1. The molecule has 1 unspecified atom stereocenters. The van der Waals surface area contributed by atoms with E-state index in [0.717, 1.165) is 57.0 Å². The van der Waals surface area contributed by atoms with Gasteiger partial charge < -0.3 is 10.2 Å². The van der Waals surface area contributed by atoms with Crippen molar-refractivity contribution in [2.45, 2.75) is 83.6 Å². The van der Waals surface area contributed by atoms with Crippen LogP contribution in [-0.4, -0.2) is 36.5 Å². The Bertz CT molecular complexity index is 372. The van der Waals surface area contributed by atoms with Crippen molar-refractivity contribution in [2.75, 3.05) is 19.6 Å². The fraction of sp³-hybridized carbons (Fsp3) is 0.950. The molecule has 1 atom stereocenters. The van der Waals surface area contributed by atoms with Gasteiger partial charge in [0.05, 0.1) is 0 Å². The van der Waals surface area contributed by atoms with Crippen LogP contribution in [0.2, 0.25) is 0 Å². The second kappa shape index (κ2) is 10.0. The summed E-state index contributed by atoms with van der Waals surface area (Å²) >= 11 is 0. The number of hydrogen-bond acceptors (Lipinski definition) is 2. The minimum Gasteiger partial charge on any atom is -0.342 e. The van der Waals surface area contributed by atoms with Crippen molar-refractivity contribution in [1.29, 1.82) is 0 Å². The largest absolute Gasteiger partial charge is 0.342 e. The van der Waals surface area contributed by atoms with Gasteiger partial charge in [-0.3, -0.25) is 4.79 Å². The molecular formula is C20H37ClN2O. The summed E-state index contributed by atoms with van der Waals surface area (Å²) in [6.07, 6.45) is 14.0. The van der Waals surface area contributed by atoms with Crippen LogP contribution in [0.5, 0.6) is 0 Å². The average molecular weight is 357 g/mol. The molecule has 1 N–H and O–H groups in total. The van der Waals surface area contributed by atoms with Crippen molar-refractivity contribution in [3.8, 4) is 0 Å². The molecule has 0 aromatic heterocycles. The SMILES string of the molecule is CCCC(CC1CCCC1)C(=O)N1CCC(NCC2CC2)CC1.Cl. The van der Waals surface area contributed by atoms with E-state index >= 15 is 0 Å². The Morgan fingerprint density at radius 1 is 1.04 bits per heavy atom. The smallest absolute Gasteiger partial charge is 0.225 e. The van der Waals surface area contributed by atoms with Gasteiger partial charge in [0.1, 0.15) is 0 Å². The Balaban J connectivity index is 0.00000208. The second-order valence-corrected chi connectivity index (χ2v) is 8.32. The van der Waals surface area contributed by atoms with Crippen molar-refractivity contribution in [2.24, 2.45) is 17.8 Å². The standard InChI is InChI=1S/C20H36N2O.ClH/c1-2-5-18(14-16-6-3-4-7-16)20(23)22-12-10-19(11-13-22)21-15-17-8-9-17;/h16-19,21H,2-15H2,1H3;1H. The summed E-state index contributed by atoms with van der Waals surface area (Å²) < 4.78 is 0. The zero-order valence-corrected chi connectivity index (χ0v) is 16.3. The molecular weight excluding hydrogens is 320 g/mol. The molecule has 0 aromatic rings. The van der Waals surface area contributed by atoms with Crippen LogP contribution in [0.1, 0.15) is 77.6 Å². The van der Waals surface area contributed by atoms with Crippen LogP contribution in [0.3, 0.4) is 0 Å². The number of rotatable bonds is 8. The Morgan fingerprint density at radius 2 is 1.71 bits per heavy atom. The van der Waals surface area contributed by atoms with E-state index in [9.17, 15) is 4.79 Å².